The molecule has 1 aliphatic heterocycles. The Morgan fingerprint density at radius 1 is 1.20 bits per heavy atom. The largest absolute Gasteiger partial charge is 0.396 e. The number of rotatable bonds is 5. The van der Waals surface area contributed by atoms with E-state index in [9.17, 15) is 10.2 Å². The van der Waals surface area contributed by atoms with Crippen LogP contribution < -0.4 is 0 Å². The van der Waals surface area contributed by atoms with Crippen molar-refractivity contribution in [3.05, 3.63) is 0 Å². The highest BCUT2D eigenvalue weighted by atomic mass is 16.7. The molecule has 0 saturated carbocycles. The molecule has 1 unspecified atom stereocenters. The Bertz CT molecular complexity index is 240. The molecule has 6 heteroatoms. The lowest BCUT2D eigenvalue weighted by Gasteiger charge is -2.43. The van der Waals surface area contributed by atoms with E-state index in [1.807, 2.05) is 20.8 Å². The summed E-state index contributed by atoms with van der Waals surface area (Å²) < 4.78 is 11.2. The van der Waals surface area contributed by atoms with E-state index in [2.05, 4.69) is 0 Å². The lowest BCUT2D eigenvalue weighted by molar-refractivity contribution is -0.279. The average molecular weight is 294 g/mol. The summed E-state index contributed by atoms with van der Waals surface area (Å²) in [7, 11) is 0. The Kier molecular flexibility index (Phi) is 8.81. The molecule has 1 aliphatic rings. The fourth-order valence-corrected chi connectivity index (χ4v) is 1.53. The molecule has 6 nitrogen and oxygen atoms in total. The topological polar surface area (TPSA) is 99.4 Å². The summed E-state index contributed by atoms with van der Waals surface area (Å²) in [4.78, 5) is 0. The van der Waals surface area contributed by atoms with Gasteiger partial charge in [0.1, 0.15) is 0 Å². The first kappa shape index (κ1) is 19.8. The molecule has 1 fully saturated rings. The molecule has 0 amide bonds. The third kappa shape index (κ3) is 6.03. The van der Waals surface area contributed by atoms with Crippen LogP contribution >= 0.6 is 0 Å². The molecule has 4 N–H and O–H groups in total. The fraction of sp³-hybridized carbons (Fsp3) is 1.00. The zero-order valence-electron chi connectivity index (χ0n) is 13.0. The molecule has 1 rings (SSSR count). The van der Waals surface area contributed by atoms with Crippen LogP contribution in [0.15, 0.2) is 0 Å². The second kappa shape index (κ2) is 8.92. The summed E-state index contributed by atoms with van der Waals surface area (Å²) in [5, 5.41) is 34.5. The standard InChI is InChI=1S/C11H22O4.C3H8O2/c1-4-11(6-13)7-14-9(15-8-11)10(2,3)5-12;1-3(5)2-4/h9,12-13H,4-8H2,1-3H3;3-5H,2H2,1H3. The summed E-state index contributed by atoms with van der Waals surface area (Å²) in [6, 6.07) is 0. The van der Waals surface area contributed by atoms with Gasteiger partial charge in [0.15, 0.2) is 6.29 Å². The second-order valence-corrected chi connectivity index (χ2v) is 6.14. The van der Waals surface area contributed by atoms with E-state index in [1.165, 1.54) is 6.92 Å². The molecule has 0 radical (unpaired) electrons. The van der Waals surface area contributed by atoms with Gasteiger partial charge in [0, 0.05) is 10.8 Å². The Morgan fingerprint density at radius 3 is 1.90 bits per heavy atom. The van der Waals surface area contributed by atoms with Gasteiger partial charge in [-0.2, -0.15) is 0 Å². The quantitative estimate of drug-likeness (QED) is 0.575. The zero-order valence-corrected chi connectivity index (χ0v) is 13.0. The Labute approximate surface area is 121 Å². The van der Waals surface area contributed by atoms with Crippen LogP contribution in [0.5, 0.6) is 0 Å². The predicted molar refractivity (Wildman–Crippen MR) is 75.1 cm³/mol. The predicted octanol–water partition coefficient (Wildman–Crippen LogP) is 0.126. The molecular formula is C14H30O6. The highest BCUT2D eigenvalue weighted by Gasteiger charge is 2.40. The molecule has 0 spiro atoms. The molecule has 0 aliphatic carbocycles. The van der Waals surface area contributed by atoms with Crippen LogP contribution in [-0.2, 0) is 9.47 Å². The van der Waals surface area contributed by atoms with Crippen molar-refractivity contribution in [3.8, 4) is 0 Å². The lowest BCUT2D eigenvalue weighted by atomic mass is 9.86. The van der Waals surface area contributed by atoms with Crippen LogP contribution in [0.3, 0.4) is 0 Å². The molecule has 0 aromatic carbocycles. The van der Waals surface area contributed by atoms with Gasteiger partial charge in [0.05, 0.1) is 39.1 Å². The van der Waals surface area contributed by atoms with Gasteiger partial charge < -0.3 is 29.9 Å². The van der Waals surface area contributed by atoms with E-state index in [1.54, 1.807) is 0 Å². The Hall–Kier alpha value is -0.240. The van der Waals surface area contributed by atoms with E-state index in [-0.39, 0.29) is 31.5 Å². The first-order valence-electron chi connectivity index (χ1n) is 7.00. The molecule has 1 atom stereocenters. The summed E-state index contributed by atoms with van der Waals surface area (Å²) in [6.07, 6.45) is -0.112. The third-order valence-electron chi connectivity index (χ3n) is 3.48. The molecule has 1 saturated heterocycles. The second-order valence-electron chi connectivity index (χ2n) is 6.14. The minimum Gasteiger partial charge on any atom is -0.396 e. The van der Waals surface area contributed by atoms with E-state index in [0.717, 1.165) is 6.42 Å². The number of aliphatic hydroxyl groups is 4. The maximum Gasteiger partial charge on any atom is 0.164 e. The van der Waals surface area contributed by atoms with Crippen molar-refractivity contribution < 1.29 is 29.9 Å². The number of ether oxygens (including phenoxy) is 2. The number of hydrogen-bond donors (Lipinski definition) is 4. The van der Waals surface area contributed by atoms with Gasteiger partial charge in [0.25, 0.3) is 0 Å². The summed E-state index contributed by atoms with van der Waals surface area (Å²) in [6.45, 7) is 8.29. The SMILES string of the molecule is CC(O)CO.CCC1(CO)COC(C(C)(C)CO)OC1. The van der Waals surface area contributed by atoms with Gasteiger partial charge in [-0.15, -0.1) is 0 Å². The lowest BCUT2D eigenvalue weighted by Crippen LogP contribution is -2.49. The molecule has 1 heterocycles. The van der Waals surface area contributed by atoms with E-state index < -0.39 is 11.5 Å². The summed E-state index contributed by atoms with van der Waals surface area (Å²) >= 11 is 0. The maximum atomic E-state index is 9.28. The van der Waals surface area contributed by atoms with Crippen molar-refractivity contribution in [3.63, 3.8) is 0 Å². The van der Waals surface area contributed by atoms with Crippen LogP contribution in [0, 0.1) is 10.8 Å². The fourth-order valence-electron chi connectivity index (χ4n) is 1.53. The molecule has 20 heavy (non-hydrogen) atoms. The van der Waals surface area contributed by atoms with E-state index in [4.69, 9.17) is 19.7 Å². The Balaban J connectivity index is 0.000000621. The summed E-state index contributed by atoms with van der Waals surface area (Å²) in [5.41, 5.74) is -0.655. The highest BCUT2D eigenvalue weighted by Crippen LogP contribution is 2.34. The van der Waals surface area contributed by atoms with Gasteiger partial charge in [-0.1, -0.05) is 20.8 Å². The van der Waals surface area contributed by atoms with Crippen LogP contribution in [0.25, 0.3) is 0 Å². The summed E-state index contributed by atoms with van der Waals surface area (Å²) in [5.74, 6) is 0. The first-order valence-corrected chi connectivity index (χ1v) is 7.00. The molecule has 0 bridgehead atoms. The molecular weight excluding hydrogens is 264 g/mol. The Morgan fingerprint density at radius 2 is 1.65 bits per heavy atom. The first-order chi connectivity index (χ1) is 9.26. The minimum absolute atomic E-state index is 0.0237. The van der Waals surface area contributed by atoms with E-state index in [0.29, 0.717) is 13.2 Å². The highest BCUT2D eigenvalue weighted by molar-refractivity contribution is 4.83. The van der Waals surface area contributed by atoms with Crippen molar-refractivity contribution in [2.45, 2.75) is 46.5 Å². The molecule has 0 aromatic rings. The zero-order chi connectivity index (χ0) is 15.8. The van der Waals surface area contributed by atoms with E-state index >= 15 is 0 Å². The molecule has 0 aromatic heterocycles. The van der Waals surface area contributed by atoms with Crippen LogP contribution in [0.2, 0.25) is 0 Å². The van der Waals surface area contributed by atoms with Crippen molar-refractivity contribution in [2.75, 3.05) is 33.0 Å². The molecule has 122 valence electrons. The van der Waals surface area contributed by atoms with Crippen molar-refractivity contribution in [1.29, 1.82) is 0 Å². The van der Waals surface area contributed by atoms with Gasteiger partial charge >= 0.3 is 0 Å². The number of aliphatic hydroxyl groups excluding tert-OH is 4. The normalized spacial score (nSPS) is 28.5. The average Bonchev–Trinajstić information content (AvgIpc) is 2.47. The number of hydrogen-bond acceptors (Lipinski definition) is 6. The van der Waals surface area contributed by atoms with Gasteiger partial charge in [0.2, 0.25) is 0 Å². The van der Waals surface area contributed by atoms with Gasteiger partial charge in [-0.3, -0.25) is 0 Å². The van der Waals surface area contributed by atoms with Crippen LogP contribution in [0.1, 0.15) is 34.1 Å². The van der Waals surface area contributed by atoms with Gasteiger partial charge in [-0.05, 0) is 13.3 Å². The minimum atomic E-state index is -0.560. The van der Waals surface area contributed by atoms with Crippen molar-refractivity contribution >= 4 is 0 Å². The van der Waals surface area contributed by atoms with Gasteiger partial charge in [-0.25, -0.2) is 0 Å². The van der Waals surface area contributed by atoms with Crippen molar-refractivity contribution in [1.82, 2.24) is 0 Å². The van der Waals surface area contributed by atoms with Crippen molar-refractivity contribution in [2.24, 2.45) is 10.8 Å². The van der Waals surface area contributed by atoms with Crippen LogP contribution in [-0.4, -0.2) is 65.9 Å². The monoisotopic (exact) mass is 294 g/mol. The smallest absolute Gasteiger partial charge is 0.164 e. The maximum absolute atomic E-state index is 9.28. The third-order valence-corrected chi connectivity index (χ3v) is 3.48. The van der Waals surface area contributed by atoms with Crippen LogP contribution in [0.4, 0.5) is 0 Å².